The van der Waals surface area contributed by atoms with Crippen molar-refractivity contribution in [2.24, 2.45) is 10.8 Å². The zero-order chi connectivity index (χ0) is 21.9. The second kappa shape index (κ2) is 6.68. The van der Waals surface area contributed by atoms with E-state index in [0.29, 0.717) is 43.0 Å². The summed E-state index contributed by atoms with van der Waals surface area (Å²) in [4.78, 5) is 47.0. The number of tetrazole rings is 1. The first-order chi connectivity index (χ1) is 15.5. The van der Waals surface area contributed by atoms with Crippen molar-refractivity contribution in [3.63, 3.8) is 0 Å². The lowest BCUT2D eigenvalue weighted by molar-refractivity contribution is -0.132. The standard InChI is InChI=1S/C19H23N11O2/c20-17-25-27-30(26-17)5-12(31)28-6-18-3-1-2-4-19(18,7-28)9-29(8-18)16(32)14-13-15(23-10-21-13)24-11-22-14/h10-11H,1-9H2,(H2,20,26)(H,21,22,23,24). The number of amides is 2. The quantitative estimate of drug-likeness (QED) is 0.547. The van der Waals surface area contributed by atoms with Crippen molar-refractivity contribution in [1.29, 1.82) is 0 Å². The van der Waals surface area contributed by atoms with Gasteiger partial charge in [0, 0.05) is 37.0 Å². The molecule has 0 bridgehead atoms. The van der Waals surface area contributed by atoms with E-state index in [1.807, 2.05) is 9.80 Å². The number of nitrogens with zero attached hydrogens (tertiary/aromatic N) is 9. The summed E-state index contributed by atoms with van der Waals surface area (Å²) in [6.45, 7) is 2.50. The Balaban J connectivity index is 1.25. The van der Waals surface area contributed by atoms with Crippen molar-refractivity contribution < 1.29 is 9.59 Å². The molecule has 0 radical (unpaired) electrons. The largest absolute Gasteiger partial charge is 0.365 e. The van der Waals surface area contributed by atoms with Crippen LogP contribution in [0, 0.1) is 10.8 Å². The zero-order valence-electron chi connectivity index (χ0n) is 17.4. The van der Waals surface area contributed by atoms with Crippen molar-refractivity contribution in [3.8, 4) is 0 Å². The van der Waals surface area contributed by atoms with Crippen LogP contribution in [0.2, 0.25) is 0 Å². The molecule has 13 nitrogen and oxygen atoms in total. The van der Waals surface area contributed by atoms with Crippen LogP contribution >= 0.6 is 0 Å². The summed E-state index contributed by atoms with van der Waals surface area (Å²) in [6, 6.07) is 0. The van der Waals surface area contributed by atoms with Gasteiger partial charge >= 0.3 is 0 Å². The second-order valence-corrected chi connectivity index (χ2v) is 9.18. The topological polar surface area (TPSA) is 165 Å². The summed E-state index contributed by atoms with van der Waals surface area (Å²) in [5.74, 6) is -0.116. The van der Waals surface area contributed by atoms with E-state index in [2.05, 4.69) is 35.3 Å². The Morgan fingerprint density at radius 1 is 1.03 bits per heavy atom. The number of H-pyrrole nitrogens is 1. The number of hydrogen-bond acceptors (Lipinski definition) is 9. The number of likely N-dealkylation sites (tertiary alicyclic amines) is 2. The van der Waals surface area contributed by atoms with Crippen LogP contribution in [0.1, 0.15) is 36.2 Å². The van der Waals surface area contributed by atoms with Gasteiger partial charge in [-0.15, -0.1) is 5.10 Å². The highest BCUT2D eigenvalue weighted by molar-refractivity contribution is 6.02. The molecule has 3 aromatic heterocycles. The predicted molar refractivity (Wildman–Crippen MR) is 110 cm³/mol. The molecule has 3 N–H and O–H groups in total. The highest BCUT2D eigenvalue weighted by Crippen LogP contribution is 2.60. The molecular weight excluding hydrogens is 414 g/mol. The fourth-order valence-corrected chi connectivity index (χ4v) is 6.06. The molecular formula is C19H23N11O2. The van der Waals surface area contributed by atoms with Crippen LogP contribution in [-0.2, 0) is 11.3 Å². The summed E-state index contributed by atoms with van der Waals surface area (Å²) in [5, 5.41) is 11.4. The van der Waals surface area contributed by atoms with E-state index in [1.54, 1.807) is 0 Å². The average Bonchev–Trinajstić information content (AvgIpc) is 3.53. The smallest absolute Gasteiger partial charge is 0.274 e. The van der Waals surface area contributed by atoms with Crippen LogP contribution in [0.5, 0.6) is 0 Å². The van der Waals surface area contributed by atoms with Gasteiger partial charge in [-0.3, -0.25) is 9.59 Å². The molecule has 6 rings (SSSR count). The van der Waals surface area contributed by atoms with E-state index in [4.69, 9.17) is 5.73 Å². The highest BCUT2D eigenvalue weighted by atomic mass is 16.2. The molecule has 2 atom stereocenters. The van der Waals surface area contributed by atoms with Crippen molar-refractivity contribution in [2.45, 2.75) is 32.2 Å². The van der Waals surface area contributed by atoms with Crippen molar-refractivity contribution >= 4 is 28.9 Å². The van der Waals surface area contributed by atoms with Gasteiger partial charge < -0.3 is 20.5 Å². The minimum Gasteiger partial charge on any atom is -0.365 e. The van der Waals surface area contributed by atoms with Crippen LogP contribution < -0.4 is 5.73 Å². The first kappa shape index (κ1) is 19.1. The van der Waals surface area contributed by atoms with Crippen LogP contribution in [0.15, 0.2) is 12.7 Å². The third kappa shape index (κ3) is 2.69. The molecule has 2 amide bonds. The van der Waals surface area contributed by atoms with E-state index in [1.165, 1.54) is 17.5 Å². The number of aromatic nitrogens is 8. The van der Waals surface area contributed by atoms with Gasteiger partial charge in [0.15, 0.2) is 11.3 Å². The molecule has 13 heteroatoms. The van der Waals surface area contributed by atoms with E-state index < -0.39 is 0 Å². The van der Waals surface area contributed by atoms with Gasteiger partial charge in [-0.05, 0) is 18.1 Å². The number of aromatic amines is 1. The third-order valence-corrected chi connectivity index (χ3v) is 7.47. The van der Waals surface area contributed by atoms with Crippen LogP contribution in [0.4, 0.5) is 5.95 Å². The summed E-state index contributed by atoms with van der Waals surface area (Å²) in [7, 11) is 0. The molecule has 1 aliphatic carbocycles. The van der Waals surface area contributed by atoms with E-state index >= 15 is 0 Å². The number of nitrogens with one attached hydrogen (secondary N) is 1. The predicted octanol–water partition coefficient (Wildman–Crippen LogP) is -0.533. The van der Waals surface area contributed by atoms with Crippen LogP contribution in [0.25, 0.3) is 11.2 Å². The Hall–Kier alpha value is -3.64. The maximum absolute atomic E-state index is 13.5. The first-order valence-corrected chi connectivity index (χ1v) is 10.7. The molecule has 32 heavy (non-hydrogen) atoms. The molecule has 3 aromatic rings. The maximum Gasteiger partial charge on any atom is 0.274 e. The number of carbonyl (C=O) groups excluding carboxylic acids is 2. The van der Waals surface area contributed by atoms with Gasteiger partial charge in [-0.2, -0.15) is 4.80 Å². The van der Waals surface area contributed by atoms with Crippen molar-refractivity contribution in [1.82, 2.24) is 49.9 Å². The van der Waals surface area contributed by atoms with Crippen LogP contribution in [0.3, 0.4) is 0 Å². The number of anilines is 1. The minimum atomic E-state index is -0.114. The van der Waals surface area contributed by atoms with Gasteiger partial charge in [0.2, 0.25) is 5.91 Å². The minimum absolute atomic E-state index is 0.0117. The molecule has 2 saturated heterocycles. The Bertz CT molecular complexity index is 1200. The highest BCUT2D eigenvalue weighted by Gasteiger charge is 2.64. The number of nitrogens with two attached hydrogens (primary N) is 1. The fraction of sp³-hybridized carbons (Fsp3) is 0.579. The summed E-state index contributed by atoms with van der Waals surface area (Å²) < 4.78 is 0. The molecule has 0 aromatic carbocycles. The van der Waals surface area contributed by atoms with Crippen molar-refractivity contribution in [3.05, 3.63) is 18.3 Å². The number of rotatable bonds is 3. The molecule has 5 heterocycles. The molecule has 2 aliphatic heterocycles. The molecule has 3 aliphatic rings. The lowest BCUT2D eigenvalue weighted by Gasteiger charge is -2.41. The number of hydrogen-bond donors (Lipinski definition) is 2. The number of nitrogen functional groups attached to an aromatic ring is 1. The van der Waals surface area contributed by atoms with E-state index in [9.17, 15) is 9.59 Å². The van der Waals surface area contributed by atoms with E-state index in [-0.39, 0.29) is 35.1 Å². The number of imidazole rings is 1. The molecule has 2 unspecified atom stereocenters. The SMILES string of the molecule is Nc1nnn(CC(=O)N2CC34CCCCC3(C2)CN(C(=O)c2ncnc3nc[nH]c23)C4)n1. The lowest BCUT2D eigenvalue weighted by Crippen LogP contribution is -2.42. The number of fused-ring (bicyclic) bond motifs is 1. The molecule has 1 saturated carbocycles. The van der Waals surface area contributed by atoms with Gasteiger partial charge in [-0.25, -0.2) is 15.0 Å². The molecule has 3 fully saturated rings. The summed E-state index contributed by atoms with van der Waals surface area (Å²) in [5.41, 5.74) is 6.69. The van der Waals surface area contributed by atoms with Gasteiger partial charge in [0.25, 0.3) is 11.9 Å². The third-order valence-electron chi connectivity index (χ3n) is 7.47. The summed E-state index contributed by atoms with van der Waals surface area (Å²) >= 11 is 0. The molecule has 0 spiro atoms. The number of carbonyl (C=O) groups is 2. The molecule has 166 valence electrons. The lowest BCUT2D eigenvalue weighted by atomic mass is 9.60. The normalized spacial score (nSPS) is 27.0. The van der Waals surface area contributed by atoms with Gasteiger partial charge in [0.05, 0.1) is 6.33 Å². The van der Waals surface area contributed by atoms with Gasteiger partial charge in [0.1, 0.15) is 18.4 Å². The van der Waals surface area contributed by atoms with Crippen LogP contribution in [-0.4, -0.2) is 87.9 Å². The maximum atomic E-state index is 13.5. The Kier molecular flexibility index (Phi) is 3.98. The average molecular weight is 437 g/mol. The Morgan fingerprint density at radius 2 is 1.75 bits per heavy atom. The van der Waals surface area contributed by atoms with E-state index in [0.717, 1.165) is 25.7 Å². The first-order valence-electron chi connectivity index (χ1n) is 10.7. The Labute approximate surface area is 182 Å². The summed E-state index contributed by atoms with van der Waals surface area (Å²) in [6.07, 6.45) is 7.10. The monoisotopic (exact) mass is 437 g/mol. The Morgan fingerprint density at radius 3 is 2.44 bits per heavy atom. The van der Waals surface area contributed by atoms with Gasteiger partial charge in [-0.1, -0.05) is 17.9 Å². The second-order valence-electron chi connectivity index (χ2n) is 9.18. The zero-order valence-corrected chi connectivity index (χ0v) is 17.4. The van der Waals surface area contributed by atoms with Crippen molar-refractivity contribution in [2.75, 3.05) is 31.9 Å². The fourth-order valence-electron chi connectivity index (χ4n) is 6.06.